The van der Waals surface area contributed by atoms with Crippen LogP contribution in [-0.2, 0) is 0 Å². The molecule has 0 spiro atoms. The summed E-state index contributed by atoms with van der Waals surface area (Å²) in [6, 6.07) is 7.45. The zero-order chi connectivity index (χ0) is 14.9. The summed E-state index contributed by atoms with van der Waals surface area (Å²) in [5, 5.41) is 3.14. The predicted molar refractivity (Wildman–Crippen MR) is 85.5 cm³/mol. The zero-order valence-electron chi connectivity index (χ0n) is 10.4. The van der Waals surface area contributed by atoms with Crippen LogP contribution in [0.3, 0.4) is 0 Å². The van der Waals surface area contributed by atoms with Gasteiger partial charge in [-0.25, -0.2) is 4.39 Å². The number of anilines is 1. The van der Waals surface area contributed by atoms with Crippen LogP contribution in [0.5, 0.6) is 0 Å². The van der Waals surface area contributed by atoms with Gasteiger partial charge in [-0.1, -0.05) is 11.6 Å². The average molecular weight is 375 g/mol. The molecule has 2 rings (SSSR count). The van der Waals surface area contributed by atoms with Gasteiger partial charge in [-0.05, 0) is 58.7 Å². The van der Waals surface area contributed by atoms with E-state index in [2.05, 4.69) is 33.9 Å². The lowest BCUT2D eigenvalue weighted by Crippen LogP contribution is -2.14. The Morgan fingerprint density at radius 3 is 2.75 bits per heavy atom. The third-order valence-electron chi connectivity index (χ3n) is 2.69. The van der Waals surface area contributed by atoms with Gasteiger partial charge in [0.25, 0.3) is 5.91 Å². The van der Waals surface area contributed by atoms with E-state index >= 15 is 0 Å². The SMILES string of the molecule is Cc1cc(Br)c(NC(=O)c2cc(S)ccc2F)cc1Cl. The van der Waals surface area contributed by atoms with Gasteiger partial charge in [0, 0.05) is 14.4 Å². The zero-order valence-corrected chi connectivity index (χ0v) is 13.6. The van der Waals surface area contributed by atoms with Crippen molar-refractivity contribution in [3.8, 4) is 0 Å². The van der Waals surface area contributed by atoms with Crippen molar-refractivity contribution in [3.63, 3.8) is 0 Å². The second-order valence-electron chi connectivity index (χ2n) is 4.20. The van der Waals surface area contributed by atoms with Gasteiger partial charge in [0.1, 0.15) is 5.82 Å². The fourth-order valence-corrected chi connectivity index (χ4v) is 2.54. The van der Waals surface area contributed by atoms with Gasteiger partial charge in [-0.15, -0.1) is 12.6 Å². The highest BCUT2D eigenvalue weighted by Crippen LogP contribution is 2.29. The molecule has 1 amide bonds. The molecular weight excluding hydrogens is 365 g/mol. The fourth-order valence-electron chi connectivity index (χ4n) is 1.62. The second-order valence-corrected chi connectivity index (χ2v) is 5.98. The number of hydrogen-bond acceptors (Lipinski definition) is 2. The molecule has 0 fully saturated rings. The molecular formula is C14H10BrClFNOS. The van der Waals surface area contributed by atoms with E-state index in [-0.39, 0.29) is 5.56 Å². The van der Waals surface area contributed by atoms with E-state index in [1.807, 2.05) is 6.92 Å². The van der Waals surface area contributed by atoms with Gasteiger partial charge in [0.15, 0.2) is 0 Å². The summed E-state index contributed by atoms with van der Waals surface area (Å²) >= 11 is 13.4. The Morgan fingerprint density at radius 2 is 2.05 bits per heavy atom. The maximum absolute atomic E-state index is 13.6. The van der Waals surface area contributed by atoms with Crippen molar-refractivity contribution in [1.29, 1.82) is 0 Å². The van der Waals surface area contributed by atoms with E-state index in [9.17, 15) is 9.18 Å². The first-order chi connectivity index (χ1) is 9.38. The summed E-state index contributed by atoms with van der Waals surface area (Å²) in [7, 11) is 0. The van der Waals surface area contributed by atoms with Crippen molar-refractivity contribution >= 4 is 51.8 Å². The largest absolute Gasteiger partial charge is 0.321 e. The van der Waals surface area contributed by atoms with Gasteiger partial charge >= 0.3 is 0 Å². The summed E-state index contributed by atoms with van der Waals surface area (Å²) in [5.74, 6) is -1.16. The highest BCUT2D eigenvalue weighted by molar-refractivity contribution is 9.10. The molecule has 0 heterocycles. The number of carbonyl (C=O) groups excluding carboxylic acids is 1. The molecule has 1 N–H and O–H groups in total. The van der Waals surface area contributed by atoms with Crippen LogP contribution in [0, 0.1) is 12.7 Å². The van der Waals surface area contributed by atoms with Gasteiger partial charge < -0.3 is 5.32 Å². The number of benzene rings is 2. The number of hydrogen-bond donors (Lipinski definition) is 2. The number of carbonyl (C=O) groups is 1. The number of nitrogens with one attached hydrogen (secondary N) is 1. The standard InChI is InChI=1S/C14H10BrClFNOS/c1-7-4-10(15)13(6-11(7)16)18-14(19)9-5-8(20)2-3-12(9)17/h2-6,20H,1H3,(H,18,19). The molecule has 2 aromatic rings. The normalized spacial score (nSPS) is 10.4. The van der Waals surface area contributed by atoms with Crippen molar-refractivity contribution in [2.75, 3.05) is 5.32 Å². The van der Waals surface area contributed by atoms with Gasteiger partial charge in [-0.2, -0.15) is 0 Å². The van der Waals surface area contributed by atoms with E-state index < -0.39 is 11.7 Å². The molecule has 0 atom stereocenters. The third kappa shape index (κ3) is 3.34. The maximum Gasteiger partial charge on any atom is 0.258 e. The van der Waals surface area contributed by atoms with E-state index in [4.69, 9.17) is 11.6 Å². The minimum absolute atomic E-state index is 0.0684. The van der Waals surface area contributed by atoms with Crippen molar-refractivity contribution in [2.24, 2.45) is 0 Å². The first-order valence-electron chi connectivity index (χ1n) is 5.64. The smallest absolute Gasteiger partial charge is 0.258 e. The minimum atomic E-state index is -0.602. The lowest BCUT2D eigenvalue weighted by atomic mass is 10.2. The molecule has 0 aromatic heterocycles. The van der Waals surface area contributed by atoms with Gasteiger partial charge in [-0.3, -0.25) is 4.79 Å². The predicted octanol–water partition coefficient (Wildman–Crippen LogP) is 5.09. The molecule has 2 nitrogen and oxygen atoms in total. The van der Waals surface area contributed by atoms with Crippen LogP contribution in [-0.4, -0.2) is 5.91 Å². The summed E-state index contributed by atoms with van der Waals surface area (Å²) in [5.41, 5.74) is 1.29. The van der Waals surface area contributed by atoms with Crippen LogP contribution < -0.4 is 5.32 Å². The molecule has 2 aromatic carbocycles. The quantitative estimate of drug-likeness (QED) is 0.704. The van der Waals surface area contributed by atoms with Crippen LogP contribution in [0.15, 0.2) is 39.7 Å². The highest BCUT2D eigenvalue weighted by Gasteiger charge is 2.14. The van der Waals surface area contributed by atoms with Crippen molar-refractivity contribution < 1.29 is 9.18 Å². The molecule has 0 saturated carbocycles. The Morgan fingerprint density at radius 1 is 1.35 bits per heavy atom. The molecule has 104 valence electrons. The summed E-state index contributed by atoms with van der Waals surface area (Å²) < 4.78 is 14.3. The van der Waals surface area contributed by atoms with E-state index in [0.717, 1.165) is 5.56 Å². The van der Waals surface area contributed by atoms with Gasteiger partial charge in [0.05, 0.1) is 11.3 Å². The second kappa shape index (κ2) is 6.16. The summed E-state index contributed by atoms with van der Waals surface area (Å²) in [4.78, 5) is 12.6. The van der Waals surface area contributed by atoms with Crippen LogP contribution >= 0.6 is 40.2 Å². The molecule has 20 heavy (non-hydrogen) atoms. The molecule has 0 saturated heterocycles. The number of amides is 1. The van der Waals surface area contributed by atoms with Crippen LogP contribution in [0.4, 0.5) is 10.1 Å². The van der Waals surface area contributed by atoms with Crippen LogP contribution in [0.2, 0.25) is 5.02 Å². The molecule has 0 aliphatic heterocycles. The molecule has 0 aliphatic rings. The molecule has 6 heteroatoms. The molecule has 0 bridgehead atoms. The van der Waals surface area contributed by atoms with E-state index in [1.165, 1.54) is 18.2 Å². The number of halogens is 3. The average Bonchev–Trinajstić information content (AvgIpc) is 2.38. The minimum Gasteiger partial charge on any atom is -0.321 e. The topological polar surface area (TPSA) is 29.1 Å². The first-order valence-corrected chi connectivity index (χ1v) is 7.26. The van der Waals surface area contributed by atoms with Gasteiger partial charge in [0.2, 0.25) is 0 Å². The molecule has 0 radical (unpaired) electrons. The van der Waals surface area contributed by atoms with Crippen LogP contribution in [0.25, 0.3) is 0 Å². The van der Waals surface area contributed by atoms with E-state index in [0.29, 0.717) is 20.1 Å². The monoisotopic (exact) mass is 373 g/mol. The van der Waals surface area contributed by atoms with Crippen molar-refractivity contribution in [1.82, 2.24) is 0 Å². The Hall–Kier alpha value is -1.04. The number of thiol groups is 1. The number of aryl methyl sites for hydroxylation is 1. The maximum atomic E-state index is 13.6. The Bertz CT molecular complexity index is 693. The van der Waals surface area contributed by atoms with Crippen molar-refractivity contribution in [2.45, 2.75) is 11.8 Å². The third-order valence-corrected chi connectivity index (χ3v) is 4.03. The highest BCUT2D eigenvalue weighted by atomic mass is 79.9. The Kier molecular flexibility index (Phi) is 4.73. The fraction of sp³-hybridized carbons (Fsp3) is 0.0714. The Labute approximate surface area is 134 Å². The van der Waals surface area contributed by atoms with E-state index in [1.54, 1.807) is 12.1 Å². The molecule has 0 aliphatic carbocycles. The lowest BCUT2D eigenvalue weighted by molar-refractivity contribution is 0.102. The first kappa shape index (κ1) is 15.4. The lowest BCUT2D eigenvalue weighted by Gasteiger charge is -2.10. The molecule has 0 unspecified atom stereocenters. The van der Waals surface area contributed by atoms with Crippen LogP contribution in [0.1, 0.15) is 15.9 Å². The number of rotatable bonds is 2. The summed E-state index contributed by atoms with van der Waals surface area (Å²) in [6.45, 7) is 1.85. The summed E-state index contributed by atoms with van der Waals surface area (Å²) in [6.07, 6.45) is 0. The Balaban J connectivity index is 2.32. The van der Waals surface area contributed by atoms with Crippen molar-refractivity contribution in [3.05, 3.63) is 56.8 Å².